The molecule has 0 spiro atoms. The summed E-state index contributed by atoms with van der Waals surface area (Å²) in [5.74, 6) is 0.0927. The highest BCUT2D eigenvalue weighted by Gasteiger charge is 2.14. The molecule has 1 rings (SSSR count). The summed E-state index contributed by atoms with van der Waals surface area (Å²) < 4.78 is 18.5. The van der Waals surface area contributed by atoms with Crippen molar-refractivity contribution in [2.45, 2.75) is 13.0 Å². The predicted molar refractivity (Wildman–Crippen MR) is 51.7 cm³/mol. The first-order valence-corrected chi connectivity index (χ1v) is 4.32. The van der Waals surface area contributed by atoms with Crippen LogP contribution in [0.5, 0.6) is 5.75 Å². The molecule has 3 N–H and O–H groups in total. The third kappa shape index (κ3) is 2.02. The van der Waals surface area contributed by atoms with E-state index in [1.165, 1.54) is 13.2 Å². The molecule has 14 heavy (non-hydrogen) atoms. The summed E-state index contributed by atoms with van der Waals surface area (Å²) in [7, 11) is 1.49. The van der Waals surface area contributed by atoms with Crippen LogP contribution in [0.3, 0.4) is 0 Å². The van der Waals surface area contributed by atoms with Gasteiger partial charge >= 0.3 is 0 Å². The van der Waals surface area contributed by atoms with Gasteiger partial charge in [-0.25, -0.2) is 4.39 Å². The van der Waals surface area contributed by atoms with Crippen molar-refractivity contribution < 1.29 is 14.2 Å². The number of nitrogens with two attached hydrogens (primary N) is 1. The summed E-state index contributed by atoms with van der Waals surface area (Å²) in [4.78, 5) is 0. The van der Waals surface area contributed by atoms with Crippen molar-refractivity contribution in [2.75, 3.05) is 13.7 Å². The molecule has 1 atom stereocenters. The van der Waals surface area contributed by atoms with Crippen molar-refractivity contribution in [1.29, 1.82) is 0 Å². The van der Waals surface area contributed by atoms with E-state index in [4.69, 9.17) is 10.5 Å². The molecule has 0 aliphatic heterocycles. The molecule has 0 aromatic heterocycles. The first kappa shape index (κ1) is 10.9. The summed E-state index contributed by atoms with van der Waals surface area (Å²) in [5, 5.41) is 9.43. The molecular formula is C10H14FNO2. The highest BCUT2D eigenvalue weighted by atomic mass is 19.1. The molecule has 0 aliphatic carbocycles. The van der Waals surface area contributed by atoms with Gasteiger partial charge in [-0.2, -0.15) is 0 Å². The van der Waals surface area contributed by atoms with E-state index in [-0.39, 0.29) is 12.1 Å². The topological polar surface area (TPSA) is 55.5 Å². The van der Waals surface area contributed by atoms with Crippen molar-refractivity contribution >= 4 is 0 Å². The number of rotatable bonds is 3. The van der Waals surface area contributed by atoms with Crippen LogP contribution >= 0.6 is 0 Å². The lowest BCUT2D eigenvalue weighted by Gasteiger charge is -2.12. The number of aliphatic hydroxyl groups excluding tert-OH is 1. The molecule has 0 fully saturated rings. The number of methoxy groups -OCH3 is 1. The number of hydrogen-bond donors (Lipinski definition) is 2. The van der Waals surface area contributed by atoms with Crippen LogP contribution in [0.15, 0.2) is 12.1 Å². The Bertz CT molecular complexity index is 328. The zero-order valence-corrected chi connectivity index (χ0v) is 8.25. The van der Waals surface area contributed by atoms with E-state index in [2.05, 4.69) is 0 Å². The molecule has 0 saturated carbocycles. The van der Waals surface area contributed by atoms with Crippen molar-refractivity contribution in [1.82, 2.24) is 0 Å². The molecule has 0 saturated heterocycles. The maximum absolute atomic E-state index is 13.5. The number of halogens is 1. The lowest BCUT2D eigenvalue weighted by atomic mass is 10.0. The SMILES string of the molecule is COc1cc(C)c(F)c(C(O)CN)c1. The molecule has 0 amide bonds. The monoisotopic (exact) mass is 199 g/mol. The fraction of sp³-hybridized carbons (Fsp3) is 0.400. The molecule has 0 aliphatic rings. The average molecular weight is 199 g/mol. The van der Waals surface area contributed by atoms with Crippen molar-refractivity contribution in [3.05, 3.63) is 29.1 Å². The quantitative estimate of drug-likeness (QED) is 0.767. The van der Waals surface area contributed by atoms with Crippen LogP contribution < -0.4 is 10.5 Å². The lowest BCUT2D eigenvalue weighted by Crippen LogP contribution is -2.13. The van der Waals surface area contributed by atoms with Crippen LogP contribution in [0.25, 0.3) is 0 Å². The van der Waals surface area contributed by atoms with Crippen LogP contribution in [0.1, 0.15) is 17.2 Å². The van der Waals surface area contributed by atoms with E-state index < -0.39 is 11.9 Å². The Morgan fingerprint density at radius 2 is 2.21 bits per heavy atom. The highest BCUT2D eigenvalue weighted by molar-refractivity contribution is 5.36. The molecule has 0 bridgehead atoms. The number of aryl methyl sites for hydroxylation is 1. The smallest absolute Gasteiger partial charge is 0.132 e. The maximum Gasteiger partial charge on any atom is 0.132 e. The van der Waals surface area contributed by atoms with Gasteiger partial charge in [-0.15, -0.1) is 0 Å². The molecule has 0 radical (unpaired) electrons. The third-order valence-corrected chi connectivity index (χ3v) is 2.07. The fourth-order valence-corrected chi connectivity index (χ4v) is 1.25. The molecule has 78 valence electrons. The zero-order chi connectivity index (χ0) is 10.7. The Hall–Kier alpha value is -1.13. The molecule has 1 aromatic rings. The minimum atomic E-state index is -0.983. The van der Waals surface area contributed by atoms with Crippen LogP contribution in [-0.2, 0) is 0 Å². The Morgan fingerprint density at radius 1 is 1.57 bits per heavy atom. The van der Waals surface area contributed by atoms with E-state index in [9.17, 15) is 9.50 Å². The van der Waals surface area contributed by atoms with Crippen LogP contribution in [0.2, 0.25) is 0 Å². The molecular weight excluding hydrogens is 185 g/mol. The third-order valence-electron chi connectivity index (χ3n) is 2.07. The first-order valence-electron chi connectivity index (χ1n) is 4.32. The van der Waals surface area contributed by atoms with Gasteiger partial charge in [-0.05, 0) is 24.6 Å². The second kappa shape index (κ2) is 4.39. The van der Waals surface area contributed by atoms with Gasteiger partial charge in [0.15, 0.2) is 0 Å². The molecule has 1 aromatic carbocycles. The molecule has 1 unspecified atom stereocenters. The summed E-state index contributed by atoms with van der Waals surface area (Å²) in [6.07, 6.45) is -0.983. The number of hydrogen-bond acceptors (Lipinski definition) is 3. The van der Waals surface area contributed by atoms with E-state index in [0.29, 0.717) is 11.3 Å². The van der Waals surface area contributed by atoms with Gasteiger partial charge in [0.2, 0.25) is 0 Å². The Kier molecular flexibility index (Phi) is 3.43. The Balaban J connectivity index is 3.20. The van der Waals surface area contributed by atoms with Gasteiger partial charge in [-0.3, -0.25) is 0 Å². The molecule has 4 heteroatoms. The summed E-state index contributed by atoms with van der Waals surface area (Å²) in [5.41, 5.74) is 5.88. The lowest BCUT2D eigenvalue weighted by molar-refractivity contribution is 0.181. The molecule has 3 nitrogen and oxygen atoms in total. The van der Waals surface area contributed by atoms with Gasteiger partial charge in [-0.1, -0.05) is 0 Å². The van der Waals surface area contributed by atoms with E-state index in [1.54, 1.807) is 13.0 Å². The predicted octanol–water partition coefficient (Wildman–Crippen LogP) is 1.13. The number of benzene rings is 1. The number of ether oxygens (including phenoxy) is 1. The van der Waals surface area contributed by atoms with E-state index >= 15 is 0 Å². The van der Waals surface area contributed by atoms with Crippen molar-refractivity contribution in [3.63, 3.8) is 0 Å². The van der Waals surface area contributed by atoms with Crippen LogP contribution in [0.4, 0.5) is 4.39 Å². The Morgan fingerprint density at radius 3 is 2.71 bits per heavy atom. The van der Waals surface area contributed by atoms with Gasteiger partial charge in [0, 0.05) is 12.1 Å². The van der Waals surface area contributed by atoms with Gasteiger partial charge < -0.3 is 15.6 Å². The zero-order valence-electron chi connectivity index (χ0n) is 8.25. The normalized spacial score (nSPS) is 12.6. The van der Waals surface area contributed by atoms with Gasteiger partial charge in [0.1, 0.15) is 11.6 Å². The average Bonchev–Trinajstić information content (AvgIpc) is 2.20. The largest absolute Gasteiger partial charge is 0.497 e. The van der Waals surface area contributed by atoms with Crippen LogP contribution in [-0.4, -0.2) is 18.8 Å². The number of aliphatic hydroxyl groups is 1. The Labute approximate surface area is 82.3 Å². The van der Waals surface area contributed by atoms with Crippen LogP contribution in [0, 0.1) is 12.7 Å². The first-order chi connectivity index (χ1) is 6.60. The van der Waals surface area contributed by atoms with E-state index in [0.717, 1.165) is 0 Å². The minimum absolute atomic E-state index is 0.0104. The summed E-state index contributed by atoms with van der Waals surface area (Å²) in [6, 6.07) is 3.03. The van der Waals surface area contributed by atoms with Gasteiger partial charge in [0.25, 0.3) is 0 Å². The van der Waals surface area contributed by atoms with E-state index in [1.807, 2.05) is 0 Å². The van der Waals surface area contributed by atoms with Crippen molar-refractivity contribution in [2.24, 2.45) is 5.73 Å². The van der Waals surface area contributed by atoms with Gasteiger partial charge in [0.05, 0.1) is 13.2 Å². The standard InChI is InChI=1S/C10H14FNO2/c1-6-3-7(14-2)4-8(10(6)11)9(13)5-12/h3-4,9,13H,5,12H2,1-2H3. The second-order valence-corrected chi connectivity index (χ2v) is 3.10. The molecule has 0 heterocycles. The minimum Gasteiger partial charge on any atom is -0.497 e. The van der Waals surface area contributed by atoms with Crippen molar-refractivity contribution in [3.8, 4) is 5.75 Å². The maximum atomic E-state index is 13.5. The summed E-state index contributed by atoms with van der Waals surface area (Å²) >= 11 is 0. The fourth-order valence-electron chi connectivity index (χ4n) is 1.25. The summed E-state index contributed by atoms with van der Waals surface area (Å²) in [6.45, 7) is 1.61. The second-order valence-electron chi connectivity index (χ2n) is 3.10. The highest BCUT2D eigenvalue weighted by Crippen LogP contribution is 2.25.